The molecule has 4 rings (SSSR count). The number of amides is 2. The Morgan fingerprint density at radius 1 is 0.844 bits per heavy atom. The minimum absolute atomic E-state index is 0.204. The molecule has 1 heterocycles. The van der Waals surface area contributed by atoms with Crippen molar-refractivity contribution in [1.82, 2.24) is 4.90 Å². The lowest BCUT2D eigenvalue weighted by Crippen LogP contribution is -2.32. The normalized spacial score (nSPS) is 13.5. The predicted molar refractivity (Wildman–Crippen MR) is 126 cm³/mol. The lowest BCUT2D eigenvalue weighted by atomic mass is 10.0. The second kappa shape index (κ2) is 8.98. The summed E-state index contributed by atoms with van der Waals surface area (Å²) in [4.78, 5) is 30.0. The number of carbonyl (C=O) groups is 2. The molecule has 0 aliphatic carbocycles. The van der Waals surface area contributed by atoms with E-state index in [9.17, 15) is 9.59 Å². The molecule has 0 radical (unpaired) electrons. The summed E-state index contributed by atoms with van der Waals surface area (Å²) in [6, 6.07) is 24.3. The zero-order chi connectivity index (χ0) is 22.7. The van der Waals surface area contributed by atoms with E-state index in [0.29, 0.717) is 22.6 Å². The number of nitrogens with zero attached hydrogens (tertiary/aromatic N) is 2. The average molecular weight is 428 g/mol. The number of hydrogen-bond donors (Lipinski definition) is 1. The maximum atomic E-state index is 13.4. The minimum atomic E-state index is -0.346. The van der Waals surface area contributed by atoms with Gasteiger partial charge in [0, 0.05) is 25.5 Å². The molecule has 0 spiro atoms. The van der Waals surface area contributed by atoms with Gasteiger partial charge in [0.25, 0.3) is 11.8 Å². The molecule has 162 valence electrons. The summed E-state index contributed by atoms with van der Waals surface area (Å²) in [5, 5.41) is 3.17. The van der Waals surface area contributed by atoms with Gasteiger partial charge in [-0.05, 0) is 47.5 Å². The van der Waals surface area contributed by atoms with Crippen LogP contribution in [0, 0.1) is 0 Å². The molecule has 0 fully saturated rings. The zero-order valence-corrected chi connectivity index (χ0v) is 18.3. The predicted octanol–water partition coefficient (Wildman–Crippen LogP) is 4.15. The van der Waals surface area contributed by atoms with Crippen molar-refractivity contribution >= 4 is 28.8 Å². The number of benzene rings is 3. The van der Waals surface area contributed by atoms with Gasteiger partial charge in [-0.3, -0.25) is 14.5 Å². The second-order valence-electron chi connectivity index (χ2n) is 7.73. The number of rotatable bonds is 7. The smallest absolute Gasteiger partial charge is 0.278 e. The highest BCUT2D eigenvalue weighted by molar-refractivity contribution is 6.36. The van der Waals surface area contributed by atoms with Crippen molar-refractivity contribution in [2.45, 2.75) is 6.54 Å². The van der Waals surface area contributed by atoms with E-state index in [0.717, 1.165) is 11.3 Å². The summed E-state index contributed by atoms with van der Waals surface area (Å²) >= 11 is 0. The molecule has 0 saturated heterocycles. The molecule has 3 aromatic carbocycles. The van der Waals surface area contributed by atoms with Gasteiger partial charge < -0.3 is 15.0 Å². The van der Waals surface area contributed by atoms with Crippen LogP contribution in [0.3, 0.4) is 0 Å². The summed E-state index contributed by atoms with van der Waals surface area (Å²) < 4.78 is 5.20. The number of hydrogen-bond acceptors (Lipinski definition) is 5. The topological polar surface area (TPSA) is 61.9 Å². The SMILES string of the molecule is COc1ccc(NC2=C(c3ccccc3)C(=O)N(Cc3ccc(N(C)C)cc3)C2=O)cc1. The lowest BCUT2D eigenvalue weighted by molar-refractivity contribution is -0.137. The van der Waals surface area contributed by atoms with Crippen LogP contribution < -0.4 is 15.0 Å². The lowest BCUT2D eigenvalue weighted by Gasteiger charge is -2.17. The molecule has 1 aliphatic rings. The molecular weight excluding hydrogens is 402 g/mol. The highest BCUT2D eigenvalue weighted by Crippen LogP contribution is 2.32. The number of ether oxygens (including phenoxy) is 1. The summed E-state index contributed by atoms with van der Waals surface area (Å²) in [5.41, 5.74) is 3.99. The van der Waals surface area contributed by atoms with Gasteiger partial charge in [-0.2, -0.15) is 0 Å². The molecule has 6 heteroatoms. The summed E-state index contributed by atoms with van der Waals surface area (Å²) in [7, 11) is 5.53. The fraction of sp³-hybridized carbons (Fsp3) is 0.154. The number of carbonyl (C=O) groups excluding carboxylic acids is 2. The number of methoxy groups -OCH3 is 1. The van der Waals surface area contributed by atoms with Crippen LogP contribution in [-0.2, 0) is 16.1 Å². The van der Waals surface area contributed by atoms with Crippen LogP contribution >= 0.6 is 0 Å². The van der Waals surface area contributed by atoms with E-state index in [1.54, 1.807) is 19.2 Å². The van der Waals surface area contributed by atoms with Gasteiger partial charge in [-0.1, -0.05) is 42.5 Å². The number of anilines is 2. The van der Waals surface area contributed by atoms with Crippen molar-refractivity contribution in [2.24, 2.45) is 0 Å². The standard InChI is InChI=1S/C26H25N3O3/c1-28(2)21-13-9-18(10-14-21)17-29-25(30)23(19-7-5-4-6-8-19)24(26(29)31)27-20-11-15-22(32-3)16-12-20/h4-16,27H,17H2,1-3H3. The molecule has 3 aromatic rings. The highest BCUT2D eigenvalue weighted by atomic mass is 16.5. The summed E-state index contributed by atoms with van der Waals surface area (Å²) in [6.07, 6.45) is 0. The number of nitrogens with one attached hydrogen (secondary N) is 1. The Bertz CT molecular complexity index is 1150. The van der Waals surface area contributed by atoms with Crippen LogP contribution in [0.5, 0.6) is 5.75 Å². The van der Waals surface area contributed by atoms with E-state index < -0.39 is 0 Å². The number of imide groups is 1. The van der Waals surface area contributed by atoms with Gasteiger partial charge in [0.15, 0.2) is 0 Å². The van der Waals surface area contributed by atoms with E-state index in [4.69, 9.17) is 4.74 Å². The second-order valence-corrected chi connectivity index (χ2v) is 7.73. The van der Waals surface area contributed by atoms with E-state index in [-0.39, 0.29) is 24.1 Å². The third-order valence-electron chi connectivity index (χ3n) is 5.38. The molecule has 0 bridgehead atoms. The first-order chi connectivity index (χ1) is 15.5. The fourth-order valence-electron chi connectivity index (χ4n) is 3.61. The van der Waals surface area contributed by atoms with Gasteiger partial charge in [0.1, 0.15) is 11.4 Å². The Kier molecular flexibility index (Phi) is 5.94. The van der Waals surface area contributed by atoms with E-state index in [1.165, 1.54) is 4.90 Å². The fourth-order valence-corrected chi connectivity index (χ4v) is 3.61. The first-order valence-electron chi connectivity index (χ1n) is 10.3. The molecule has 0 aromatic heterocycles. The van der Waals surface area contributed by atoms with Gasteiger partial charge in [-0.25, -0.2) is 0 Å². The van der Waals surface area contributed by atoms with Crippen molar-refractivity contribution in [1.29, 1.82) is 0 Å². The first kappa shape index (κ1) is 21.2. The molecule has 0 saturated carbocycles. The molecule has 0 unspecified atom stereocenters. The molecule has 0 atom stereocenters. The van der Waals surface area contributed by atoms with Crippen LogP contribution in [0.2, 0.25) is 0 Å². The average Bonchev–Trinajstić information content (AvgIpc) is 3.04. The Labute approximate surface area is 187 Å². The Hall–Kier alpha value is -4.06. The minimum Gasteiger partial charge on any atom is -0.497 e. The Balaban J connectivity index is 1.66. The highest BCUT2D eigenvalue weighted by Gasteiger charge is 2.39. The summed E-state index contributed by atoms with van der Waals surface area (Å²) in [5.74, 6) is 0.0553. The van der Waals surface area contributed by atoms with Gasteiger partial charge >= 0.3 is 0 Å². The van der Waals surface area contributed by atoms with E-state index in [1.807, 2.05) is 85.7 Å². The van der Waals surface area contributed by atoms with Gasteiger partial charge in [0.05, 0.1) is 19.2 Å². The van der Waals surface area contributed by atoms with Crippen molar-refractivity contribution in [3.63, 3.8) is 0 Å². The monoisotopic (exact) mass is 427 g/mol. The van der Waals surface area contributed by atoms with Crippen LogP contribution in [0.15, 0.2) is 84.6 Å². The largest absolute Gasteiger partial charge is 0.497 e. The maximum absolute atomic E-state index is 13.4. The van der Waals surface area contributed by atoms with E-state index in [2.05, 4.69) is 5.32 Å². The third kappa shape index (κ3) is 4.21. The van der Waals surface area contributed by atoms with Crippen LogP contribution in [0.1, 0.15) is 11.1 Å². The zero-order valence-electron chi connectivity index (χ0n) is 18.3. The van der Waals surface area contributed by atoms with Crippen LogP contribution in [-0.4, -0.2) is 37.9 Å². The van der Waals surface area contributed by atoms with Gasteiger partial charge in [-0.15, -0.1) is 0 Å². The van der Waals surface area contributed by atoms with Crippen LogP contribution in [0.4, 0.5) is 11.4 Å². The molecular formula is C26H25N3O3. The Morgan fingerprint density at radius 2 is 1.50 bits per heavy atom. The quantitative estimate of drug-likeness (QED) is 0.574. The molecule has 6 nitrogen and oxygen atoms in total. The van der Waals surface area contributed by atoms with Crippen molar-refractivity contribution < 1.29 is 14.3 Å². The molecule has 32 heavy (non-hydrogen) atoms. The third-order valence-corrected chi connectivity index (χ3v) is 5.38. The Morgan fingerprint density at radius 3 is 2.09 bits per heavy atom. The maximum Gasteiger partial charge on any atom is 0.278 e. The molecule has 1 aliphatic heterocycles. The van der Waals surface area contributed by atoms with Gasteiger partial charge in [0.2, 0.25) is 0 Å². The van der Waals surface area contributed by atoms with Crippen LogP contribution in [0.25, 0.3) is 5.57 Å². The van der Waals surface area contributed by atoms with Crippen molar-refractivity contribution in [2.75, 3.05) is 31.4 Å². The van der Waals surface area contributed by atoms with Crippen molar-refractivity contribution in [3.05, 3.63) is 95.7 Å². The van der Waals surface area contributed by atoms with E-state index >= 15 is 0 Å². The van der Waals surface area contributed by atoms with Crippen molar-refractivity contribution in [3.8, 4) is 5.75 Å². The summed E-state index contributed by atoms with van der Waals surface area (Å²) in [6.45, 7) is 0.204. The first-order valence-corrected chi connectivity index (χ1v) is 10.3. The molecule has 1 N–H and O–H groups in total. The molecule has 2 amide bonds.